The normalized spacial score (nSPS) is 10.5. The third-order valence-electron chi connectivity index (χ3n) is 2.35. The van der Waals surface area contributed by atoms with Crippen LogP contribution in [0.15, 0.2) is 12.2 Å². The van der Waals surface area contributed by atoms with Crippen LogP contribution in [0.1, 0.15) is 39.0 Å². The summed E-state index contributed by atoms with van der Waals surface area (Å²) in [4.78, 5) is 0. The van der Waals surface area contributed by atoms with Gasteiger partial charge in [0.25, 0.3) is 0 Å². The SMILES string of the molecule is CC(/C=C/CC#N)(CCC#N)CCC#N. The highest BCUT2D eigenvalue weighted by Gasteiger charge is 2.19. The molecule has 0 aliphatic carbocycles. The van der Waals surface area contributed by atoms with E-state index in [0.29, 0.717) is 19.3 Å². The zero-order chi connectivity index (χ0) is 11.6. The summed E-state index contributed by atoms with van der Waals surface area (Å²) in [6.07, 6.45) is 6.62. The summed E-state index contributed by atoms with van der Waals surface area (Å²) < 4.78 is 0. The summed E-state index contributed by atoms with van der Waals surface area (Å²) in [5.74, 6) is 0. The van der Waals surface area contributed by atoms with Crippen molar-refractivity contribution >= 4 is 0 Å². The fourth-order valence-corrected chi connectivity index (χ4v) is 1.37. The van der Waals surface area contributed by atoms with Gasteiger partial charge < -0.3 is 0 Å². The lowest BCUT2D eigenvalue weighted by Crippen LogP contribution is -2.12. The summed E-state index contributed by atoms with van der Waals surface area (Å²) in [7, 11) is 0. The Kier molecular flexibility index (Phi) is 6.69. The average Bonchev–Trinajstić information content (AvgIpc) is 2.24. The van der Waals surface area contributed by atoms with Gasteiger partial charge in [-0.05, 0) is 18.3 Å². The van der Waals surface area contributed by atoms with Crippen molar-refractivity contribution in [1.82, 2.24) is 0 Å². The van der Waals surface area contributed by atoms with Crippen molar-refractivity contribution in [2.24, 2.45) is 5.41 Å². The van der Waals surface area contributed by atoms with Crippen LogP contribution in [0, 0.1) is 39.4 Å². The van der Waals surface area contributed by atoms with Gasteiger partial charge in [-0.25, -0.2) is 0 Å². The Morgan fingerprint density at radius 1 is 1.00 bits per heavy atom. The van der Waals surface area contributed by atoms with Gasteiger partial charge in [-0.3, -0.25) is 0 Å². The molecule has 0 saturated heterocycles. The van der Waals surface area contributed by atoms with Crippen molar-refractivity contribution in [2.45, 2.75) is 39.0 Å². The zero-order valence-electron chi connectivity index (χ0n) is 9.03. The standard InChI is InChI=1S/C12H15N3/c1-12(7-4-10-14,8-5-11-15)6-2-3-9-13/h2,6H,3-5,7-8H2,1H3/b6-2+. The van der Waals surface area contributed by atoms with Crippen LogP contribution in [0.4, 0.5) is 0 Å². The maximum absolute atomic E-state index is 8.54. The van der Waals surface area contributed by atoms with Crippen molar-refractivity contribution in [3.8, 4) is 18.2 Å². The molecule has 0 aliphatic heterocycles. The quantitative estimate of drug-likeness (QED) is 0.620. The molecule has 0 unspecified atom stereocenters. The lowest BCUT2D eigenvalue weighted by molar-refractivity contribution is 0.369. The van der Waals surface area contributed by atoms with E-state index < -0.39 is 0 Å². The number of allylic oxidation sites excluding steroid dienone is 2. The summed E-state index contributed by atoms with van der Waals surface area (Å²) >= 11 is 0. The van der Waals surface area contributed by atoms with E-state index in [1.165, 1.54) is 0 Å². The first-order valence-electron chi connectivity index (χ1n) is 4.97. The summed E-state index contributed by atoms with van der Waals surface area (Å²) in [6.45, 7) is 2.02. The van der Waals surface area contributed by atoms with E-state index in [-0.39, 0.29) is 5.41 Å². The van der Waals surface area contributed by atoms with E-state index >= 15 is 0 Å². The molecule has 0 aromatic rings. The fraction of sp³-hybridized carbons (Fsp3) is 0.583. The minimum absolute atomic E-state index is 0.123. The van der Waals surface area contributed by atoms with E-state index in [4.69, 9.17) is 15.8 Å². The second-order valence-electron chi connectivity index (χ2n) is 3.73. The van der Waals surface area contributed by atoms with E-state index in [1.807, 2.05) is 25.1 Å². The highest BCUT2D eigenvalue weighted by Crippen LogP contribution is 2.30. The van der Waals surface area contributed by atoms with Gasteiger partial charge in [0.05, 0.1) is 24.6 Å². The Labute approximate surface area is 91.2 Å². The van der Waals surface area contributed by atoms with Crippen LogP contribution >= 0.6 is 0 Å². The monoisotopic (exact) mass is 201 g/mol. The van der Waals surface area contributed by atoms with Gasteiger partial charge in [-0.15, -0.1) is 0 Å². The minimum Gasteiger partial charge on any atom is -0.198 e. The molecular formula is C12H15N3. The van der Waals surface area contributed by atoms with Crippen molar-refractivity contribution in [2.75, 3.05) is 0 Å². The number of hydrogen-bond donors (Lipinski definition) is 0. The van der Waals surface area contributed by atoms with Crippen LogP contribution in [0.5, 0.6) is 0 Å². The fourth-order valence-electron chi connectivity index (χ4n) is 1.37. The first kappa shape index (κ1) is 13.2. The maximum atomic E-state index is 8.54. The molecule has 0 aromatic heterocycles. The van der Waals surface area contributed by atoms with E-state index in [2.05, 4.69) is 12.1 Å². The Morgan fingerprint density at radius 2 is 1.53 bits per heavy atom. The van der Waals surface area contributed by atoms with Crippen LogP contribution in [-0.4, -0.2) is 0 Å². The van der Waals surface area contributed by atoms with E-state index in [9.17, 15) is 0 Å². The van der Waals surface area contributed by atoms with Crippen LogP contribution in [-0.2, 0) is 0 Å². The van der Waals surface area contributed by atoms with Crippen molar-refractivity contribution in [1.29, 1.82) is 15.8 Å². The predicted octanol–water partition coefficient (Wildman–Crippen LogP) is 3.07. The molecule has 0 heterocycles. The second kappa shape index (κ2) is 7.60. The van der Waals surface area contributed by atoms with Gasteiger partial charge in [0, 0.05) is 12.8 Å². The van der Waals surface area contributed by atoms with E-state index in [0.717, 1.165) is 12.8 Å². The van der Waals surface area contributed by atoms with Gasteiger partial charge >= 0.3 is 0 Å². The molecule has 15 heavy (non-hydrogen) atoms. The molecule has 0 N–H and O–H groups in total. The van der Waals surface area contributed by atoms with Crippen LogP contribution in [0.3, 0.4) is 0 Å². The maximum Gasteiger partial charge on any atom is 0.0663 e. The van der Waals surface area contributed by atoms with Crippen LogP contribution in [0.25, 0.3) is 0 Å². The Hall–Kier alpha value is -1.79. The zero-order valence-corrected chi connectivity index (χ0v) is 9.03. The Bertz CT molecular complexity index is 304. The molecule has 0 spiro atoms. The Balaban J connectivity index is 4.35. The van der Waals surface area contributed by atoms with Crippen molar-refractivity contribution in [3.05, 3.63) is 12.2 Å². The third kappa shape index (κ3) is 6.30. The van der Waals surface area contributed by atoms with Crippen molar-refractivity contribution in [3.63, 3.8) is 0 Å². The summed E-state index contributed by atoms with van der Waals surface area (Å²) in [6, 6.07) is 6.25. The highest BCUT2D eigenvalue weighted by atomic mass is 14.3. The molecular weight excluding hydrogens is 186 g/mol. The molecule has 0 radical (unpaired) electrons. The van der Waals surface area contributed by atoms with Gasteiger partial charge in [0.2, 0.25) is 0 Å². The molecule has 0 atom stereocenters. The third-order valence-corrected chi connectivity index (χ3v) is 2.35. The predicted molar refractivity (Wildman–Crippen MR) is 57.2 cm³/mol. The summed E-state index contributed by atoms with van der Waals surface area (Å²) in [5.41, 5.74) is -0.123. The smallest absolute Gasteiger partial charge is 0.0663 e. The van der Waals surface area contributed by atoms with E-state index in [1.54, 1.807) is 0 Å². The molecule has 0 bridgehead atoms. The minimum atomic E-state index is -0.123. The second-order valence-corrected chi connectivity index (χ2v) is 3.73. The van der Waals surface area contributed by atoms with Crippen LogP contribution < -0.4 is 0 Å². The molecule has 0 fully saturated rings. The van der Waals surface area contributed by atoms with Crippen LogP contribution in [0.2, 0.25) is 0 Å². The molecule has 0 aliphatic rings. The van der Waals surface area contributed by atoms with Gasteiger partial charge in [0.15, 0.2) is 0 Å². The molecule has 0 amide bonds. The number of nitriles is 3. The summed E-state index contributed by atoms with van der Waals surface area (Å²) in [5, 5.41) is 25.5. The first-order valence-corrected chi connectivity index (χ1v) is 4.97. The van der Waals surface area contributed by atoms with Gasteiger partial charge in [0.1, 0.15) is 0 Å². The van der Waals surface area contributed by atoms with Crippen molar-refractivity contribution < 1.29 is 0 Å². The molecule has 3 heteroatoms. The average molecular weight is 201 g/mol. The topological polar surface area (TPSA) is 71.4 Å². The lowest BCUT2D eigenvalue weighted by atomic mass is 9.81. The molecule has 3 nitrogen and oxygen atoms in total. The Morgan fingerprint density at radius 3 is 1.93 bits per heavy atom. The largest absolute Gasteiger partial charge is 0.198 e. The number of nitrogens with zero attached hydrogens (tertiary/aromatic N) is 3. The lowest BCUT2D eigenvalue weighted by Gasteiger charge is -2.23. The molecule has 78 valence electrons. The molecule has 0 saturated carbocycles. The highest BCUT2D eigenvalue weighted by molar-refractivity contribution is 5.02. The molecule has 0 aromatic carbocycles. The number of hydrogen-bond acceptors (Lipinski definition) is 3. The first-order chi connectivity index (χ1) is 7.18. The number of rotatable bonds is 6. The van der Waals surface area contributed by atoms with Gasteiger partial charge in [-0.1, -0.05) is 19.1 Å². The van der Waals surface area contributed by atoms with Gasteiger partial charge in [-0.2, -0.15) is 15.8 Å². The molecule has 0 rings (SSSR count).